The molecule has 17 heavy (non-hydrogen) atoms. The van der Waals surface area contributed by atoms with E-state index in [1.807, 2.05) is 0 Å². The maximum absolute atomic E-state index is 10.4. The van der Waals surface area contributed by atoms with Crippen molar-refractivity contribution < 1.29 is 47.3 Å². The van der Waals surface area contributed by atoms with E-state index in [0.29, 0.717) is 12.1 Å². The topological polar surface area (TPSA) is 86.3 Å². The van der Waals surface area contributed by atoms with Crippen LogP contribution in [-0.4, -0.2) is 31.6 Å². The van der Waals surface area contributed by atoms with Crippen LogP contribution in [0.5, 0.6) is 0 Å². The van der Waals surface area contributed by atoms with Gasteiger partial charge in [-0.1, -0.05) is 24.3 Å². The van der Waals surface area contributed by atoms with E-state index < -0.39 is 15.9 Å². The summed E-state index contributed by atoms with van der Waals surface area (Å²) in [4.78, 5) is 10.4. The molecule has 1 aromatic carbocycles. The first-order chi connectivity index (χ1) is 7.51. The first-order valence-electron chi connectivity index (χ1n) is 4.70. The third kappa shape index (κ3) is 7.64. The Bertz CT molecular complexity index is 444. The van der Waals surface area contributed by atoms with E-state index >= 15 is 0 Å². The van der Waals surface area contributed by atoms with Gasteiger partial charge in [0.2, 0.25) is 0 Å². The van der Waals surface area contributed by atoms with Crippen molar-refractivity contribution in [3.8, 4) is 0 Å². The summed E-state index contributed by atoms with van der Waals surface area (Å²) in [6.07, 6.45) is 0.751. The smallest absolute Gasteiger partial charge is 0.748 e. The normalized spacial score (nSPS) is 10.6. The Hall–Kier alpha value is -0.240. The van der Waals surface area contributed by atoms with Gasteiger partial charge in [-0.25, -0.2) is 8.42 Å². The summed E-state index contributed by atoms with van der Waals surface area (Å²) >= 11 is 0. The van der Waals surface area contributed by atoms with Gasteiger partial charge in [0.25, 0.3) is 0 Å². The fourth-order valence-corrected chi connectivity index (χ4v) is 1.54. The Morgan fingerprint density at radius 1 is 1.24 bits per heavy atom. The van der Waals surface area contributed by atoms with Crippen molar-refractivity contribution in [1.29, 1.82) is 0 Å². The summed E-state index contributed by atoms with van der Waals surface area (Å²) in [6.45, 7) is 0.593. The van der Waals surface area contributed by atoms with Crippen LogP contribution >= 0.6 is 0 Å². The van der Waals surface area contributed by atoms with Gasteiger partial charge in [-0.2, -0.15) is 0 Å². The standard InChI is InChI=1S/C10H13NO4S.Na/c12-8-10-3-1-9(2-4-10)7-11-5-6-16(13,14)15;/h1-4,8,11H,5-7H2,(H,13,14,15);/q;+1/p-1. The molecule has 0 bridgehead atoms. The molecule has 88 valence electrons. The zero-order valence-electron chi connectivity index (χ0n) is 9.55. The fourth-order valence-electron chi connectivity index (χ4n) is 1.14. The van der Waals surface area contributed by atoms with E-state index in [9.17, 15) is 17.8 Å². The summed E-state index contributed by atoms with van der Waals surface area (Å²) in [7, 11) is -4.15. The Kier molecular flexibility index (Phi) is 7.85. The van der Waals surface area contributed by atoms with Crippen LogP contribution < -0.4 is 34.9 Å². The van der Waals surface area contributed by atoms with Crippen LogP contribution in [-0.2, 0) is 16.7 Å². The molecule has 0 saturated carbocycles. The van der Waals surface area contributed by atoms with E-state index in [2.05, 4.69) is 5.32 Å². The molecule has 0 aromatic heterocycles. The van der Waals surface area contributed by atoms with Gasteiger partial charge in [0, 0.05) is 18.7 Å². The molecule has 0 amide bonds. The van der Waals surface area contributed by atoms with Gasteiger partial charge >= 0.3 is 29.6 Å². The average molecular weight is 265 g/mol. The van der Waals surface area contributed by atoms with Gasteiger partial charge in [-0.05, 0) is 5.56 Å². The van der Waals surface area contributed by atoms with Gasteiger partial charge in [-0.3, -0.25) is 4.79 Å². The molecule has 0 aliphatic rings. The third-order valence-corrected chi connectivity index (χ3v) is 2.68. The van der Waals surface area contributed by atoms with Crippen LogP contribution in [0.1, 0.15) is 15.9 Å². The maximum Gasteiger partial charge on any atom is 1.00 e. The Morgan fingerprint density at radius 3 is 2.29 bits per heavy atom. The molecule has 0 radical (unpaired) electrons. The predicted molar refractivity (Wildman–Crippen MR) is 58.1 cm³/mol. The van der Waals surface area contributed by atoms with Crippen LogP contribution in [0.15, 0.2) is 24.3 Å². The SMILES string of the molecule is O=Cc1ccc(CNCCS(=O)(=O)[O-])cc1.[Na+]. The number of carbonyl (C=O) groups excluding carboxylic acids is 1. The molecule has 7 heteroatoms. The predicted octanol–water partition coefficient (Wildman–Crippen LogP) is -2.86. The molecule has 0 atom stereocenters. The molecule has 0 unspecified atom stereocenters. The first kappa shape index (κ1) is 16.8. The van der Waals surface area contributed by atoms with Crippen LogP contribution in [0.4, 0.5) is 0 Å². The summed E-state index contributed by atoms with van der Waals surface area (Å²) in [5, 5.41) is 2.83. The molecule has 0 spiro atoms. The molecular weight excluding hydrogens is 253 g/mol. The van der Waals surface area contributed by atoms with E-state index in [0.717, 1.165) is 11.8 Å². The Labute approximate surface area is 123 Å². The summed E-state index contributed by atoms with van der Waals surface area (Å²) in [5.74, 6) is -0.417. The minimum Gasteiger partial charge on any atom is -0.748 e. The van der Waals surface area contributed by atoms with Gasteiger partial charge in [-0.15, -0.1) is 0 Å². The largest absolute Gasteiger partial charge is 1.00 e. The van der Waals surface area contributed by atoms with Crippen LogP contribution in [0, 0.1) is 0 Å². The number of rotatable bonds is 6. The molecule has 0 fully saturated rings. The Balaban J connectivity index is 0.00000256. The van der Waals surface area contributed by atoms with E-state index in [-0.39, 0.29) is 36.1 Å². The van der Waals surface area contributed by atoms with Gasteiger partial charge in [0.05, 0.1) is 15.9 Å². The Morgan fingerprint density at radius 2 is 1.82 bits per heavy atom. The van der Waals surface area contributed by atoms with E-state index in [4.69, 9.17) is 0 Å². The molecule has 0 heterocycles. The zero-order valence-corrected chi connectivity index (χ0v) is 12.4. The maximum atomic E-state index is 10.4. The minimum atomic E-state index is -4.15. The van der Waals surface area contributed by atoms with Gasteiger partial charge in [0.1, 0.15) is 6.29 Å². The summed E-state index contributed by atoms with van der Waals surface area (Å²) in [5.41, 5.74) is 1.51. The van der Waals surface area contributed by atoms with Crippen molar-refractivity contribution in [2.24, 2.45) is 0 Å². The third-order valence-electron chi connectivity index (χ3n) is 1.97. The molecule has 0 aliphatic carbocycles. The molecule has 1 rings (SSSR count). The number of benzene rings is 1. The van der Waals surface area contributed by atoms with Crippen molar-refractivity contribution >= 4 is 16.4 Å². The second kappa shape index (κ2) is 7.97. The van der Waals surface area contributed by atoms with Crippen molar-refractivity contribution in [2.75, 3.05) is 12.3 Å². The number of aldehydes is 1. The van der Waals surface area contributed by atoms with Crippen molar-refractivity contribution in [3.63, 3.8) is 0 Å². The van der Waals surface area contributed by atoms with Gasteiger partial charge in [0.15, 0.2) is 0 Å². The van der Waals surface area contributed by atoms with Crippen LogP contribution in [0.3, 0.4) is 0 Å². The summed E-state index contributed by atoms with van der Waals surface area (Å²) < 4.78 is 30.9. The van der Waals surface area contributed by atoms with Crippen molar-refractivity contribution in [2.45, 2.75) is 6.54 Å². The second-order valence-electron chi connectivity index (χ2n) is 3.30. The zero-order chi connectivity index (χ0) is 12.0. The van der Waals surface area contributed by atoms with Crippen molar-refractivity contribution in [3.05, 3.63) is 35.4 Å². The molecule has 1 N–H and O–H groups in total. The second-order valence-corrected chi connectivity index (χ2v) is 4.82. The molecule has 0 aliphatic heterocycles. The van der Waals surface area contributed by atoms with Crippen LogP contribution in [0.2, 0.25) is 0 Å². The minimum absolute atomic E-state index is 0. The number of hydrogen-bond acceptors (Lipinski definition) is 5. The molecule has 5 nitrogen and oxygen atoms in total. The number of hydrogen-bond donors (Lipinski definition) is 1. The fraction of sp³-hybridized carbons (Fsp3) is 0.300. The monoisotopic (exact) mass is 265 g/mol. The number of nitrogens with one attached hydrogen (secondary N) is 1. The number of carbonyl (C=O) groups is 1. The molecular formula is C10H12NNaO4S. The first-order valence-corrected chi connectivity index (χ1v) is 6.27. The van der Waals surface area contributed by atoms with Crippen LogP contribution in [0.25, 0.3) is 0 Å². The summed E-state index contributed by atoms with van der Waals surface area (Å²) in [6, 6.07) is 6.88. The van der Waals surface area contributed by atoms with Crippen molar-refractivity contribution in [1.82, 2.24) is 5.32 Å². The van der Waals surface area contributed by atoms with Gasteiger partial charge < -0.3 is 9.87 Å². The van der Waals surface area contributed by atoms with E-state index in [1.54, 1.807) is 24.3 Å². The van der Waals surface area contributed by atoms with E-state index in [1.165, 1.54) is 0 Å². The average Bonchev–Trinajstić information content (AvgIpc) is 2.24. The quantitative estimate of drug-likeness (QED) is 0.259. The molecule has 1 aromatic rings. The molecule has 0 saturated heterocycles.